The summed E-state index contributed by atoms with van der Waals surface area (Å²) in [6, 6.07) is 0.399. The molecule has 0 radical (unpaired) electrons. The number of rotatable bonds is 3. The van der Waals surface area contributed by atoms with Crippen molar-refractivity contribution < 1.29 is 4.79 Å². The summed E-state index contributed by atoms with van der Waals surface area (Å²) in [7, 11) is 0. The Kier molecular flexibility index (Phi) is 3.98. The van der Waals surface area contributed by atoms with Crippen LogP contribution in [0.1, 0.15) is 18.3 Å². The first-order chi connectivity index (χ1) is 8.58. The lowest BCUT2D eigenvalue weighted by Gasteiger charge is -2.33. The van der Waals surface area contributed by atoms with Gasteiger partial charge in [0.15, 0.2) is 0 Å². The van der Waals surface area contributed by atoms with E-state index in [-0.39, 0.29) is 5.91 Å². The van der Waals surface area contributed by atoms with Gasteiger partial charge < -0.3 is 10.6 Å². The number of aromatic nitrogens is 2. The van der Waals surface area contributed by atoms with E-state index in [1.165, 1.54) is 0 Å². The van der Waals surface area contributed by atoms with Gasteiger partial charge in [-0.1, -0.05) is 0 Å². The van der Waals surface area contributed by atoms with Gasteiger partial charge in [0.25, 0.3) is 0 Å². The van der Waals surface area contributed by atoms with Crippen LogP contribution < -0.4 is 10.6 Å². The van der Waals surface area contributed by atoms with Gasteiger partial charge in [-0.25, -0.2) is 0 Å². The number of anilines is 1. The van der Waals surface area contributed by atoms with Gasteiger partial charge in [0.05, 0.1) is 23.6 Å². The molecule has 0 unspecified atom stereocenters. The maximum atomic E-state index is 12.0. The number of aromatic amines is 1. The predicted octanol–water partition coefficient (Wildman–Crippen LogP) is 0.259. The number of hydrogen-bond donors (Lipinski definition) is 3. The summed E-state index contributed by atoms with van der Waals surface area (Å²) in [5.74, 6) is 0.0244. The Balaban J connectivity index is 1.92. The normalized spacial score (nSPS) is 20.9. The zero-order valence-corrected chi connectivity index (χ0v) is 11.2. The Bertz CT molecular complexity index is 409. The van der Waals surface area contributed by atoms with Crippen LogP contribution in [0.5, 0.6) is 0 Å². The minimum atomic E-state index is 0.0244. The average molecular weight is 251 g/mol. The zero-order valence-electron chi connectivity index (χ0n) is 11.2. The highest BCUT2D eigenvalue weighted by atomic mass is 16.2. The Hall–Kier alpha value is -1.40. The number of carbonyl (C=O) groups is 1. The minimum absolute atomic E-state index is 0.0244. The Morgan fingerprint density at radius 1 is 1.56 bits per heavy atom. The van der Waals surface area contributed by atoms with Crippen molar-refractivity contribution in [3.05, 3.63) is 11.4 Å². The Morgan fingerprint density at radius 3 is 2.94 bits per heavy atom. The van der Waals surface area contributed by atoms with Crippen molar-refractivity contribution in [2.45, 2.75) is 26.8 Å². The summed E-state index contributed by atoms with van der Waals surface area (Å²) in [4.78, 5) is 14.2. The first-order valence-corrected chi connectivity index (χ1v) is 6.34. The molecule has 1 atom stereocenters. The van der Waals surface area contributed by atoms with E-state index in [2.05, 4.69) is 32.7 Å². The predicted molar refractivity (Wildman–Crippen MR) is 70.6 cm³/mol. The number of carbonyl (C=O) groups excluding carboxylic acids is 1. The SMILES string of the molecule is Cc1n[nH]c(C)c1NC(=O)CN1CCNC[C@@H]1C. The number of aryl methyl sites for hydroxylation is 2. The standard InChI is InChI=1S/C12H21N5O/c1-8-6-13-4-5-17(8)7-11(18)14-12-9(2)15-16-10(12)3/h8,13H,4-7H2,1-3H3,(H,14,18)(H,15,16)/t8-/m0/s1. The molecule has 2 rings (SSSR count). The van der Waals surface area contributed by atoms with E-state index in [0.29, 0.717) is 12.6 Å². The smallest absolute Gasteiger partial charge is 0.238 e. The molecule has 3 N–H and O–H groups in total. The molecule has 0 bridgehead atoms. The number of nitrogens with zero attached hydrogens (tertiary/aromatic N) is 2. The molecular formula is C12H21N5O. The van der Waals surface area contributed by atoms with Crippen molar-refractivity contribution in [1.29, 1.82) is 0 Å². The molecule has 100 valence electrons. The third-order valence-corrected chi connectivity index (χ3v) is 3.38. The maximum absolute atomic E-state index is 12.0. The quantitative estimate of drug-likeness (QED) is 0.720. The molecule has 2 heterocycles. The van der Waals surface area contributed by atoms with Crippen LogP contribution >= 0.6 is 0 Å². The summed E-state index contributed by atoms with van der Waals surface area (Å²) >= 11 is 0. The zero-order chi connectivity index (χ0) is 13.1. The summed E-state index contributed by atoms with van der Waals surface area (Å²) in [6.45, 7) is 9.16. The highest BCUT2D eigenvalue weighted by Gasteiger charge is 2.21. The lowest BCUT2D eigenvalue weighted by Crippen LogP contribution is -2.52. The molecule has 1 aliphatic heterocycles. The van der Waals surface area contributed by atoms with Crippen molar-refractivity contribution in [2.24, 2.45) is 0 Å². The third kappa shape index (κ3) is 2.88. The largest absolute Gasteiger partial charge is 0.322 e. The van der Waals surface area contributed by atoms with Gasteiger partial charge in [0, 0.05) is 25.7 Å². The number of H-pyrrole nitrogens is 1. The number of piperazine rings is 1. The van der Waals surface area contributed by atoms with Crippen LogP contribution in [0.2, 0.25) is 0 Å². The van der Waals surface area contributed by atoms with Gasteiger partial charge in [-0.15, -0.1) is 0 Å². The Labute approximate surface area is 107 Å². The molecule has 1 aromatic rings. The molecule has 0 saturated carbocycles. The average Bonchev–Trinajstić information content (AvgIpc) is 2.64. The van der Waals surface area contributed by atoms with E-state index >= 15 is 0 Å². The Morgan fingerprint density at radius 2 is 2.33 bits per heavy atom. The topological polar surface area (TPSA) is 73.0 Å². The van der Waals surface area contributed by atoms with Crippen LogP contribution in [0.15, 0.2) is 0 Å². The van der Waals surface area contributed by atoms with E-state index in [0.717, 1.165) is 36.7 Å². The van der Waals surface area contributed by atoms with Gasteiger partial charge in [0.1, 0.15) is 0 Å². The van der Waals surface area contributed by atoms with E-state index < -0.39 is 0 Å². The van der Waals surface area contributed by atoms with Crippen molar-refractivity contribution in [3.63, 3.8) is 0 Å². The van der Waals surface area contributed by atoms with Gasteiger partial charge in [0.2, 0.25) is 5.91 Å². The van der Waals surface area contributed by atoms with E-state index in [1.54, 1.807) is 0 Å². The second-order valence-electron chi connectivity index (χ2n) is 4.88. The number of amides is 1. The van der Waals surface area contributed by atoms with Gasteiger partial charge in [-0.05, 0) is 20.8 Å². The molecule has 1 aliphatic rings. The third-order valence-electron chi connectivity index (χ3n) is 3.38. The fraction of sp³-hybridized carbons (Fsp3) is 0.667. The summed E-state index contributed by atoms with van der Waals surface area (Å²) in [5.41, 5.74) is 2.53. The summed E-state index contributed by atoms with van der Waals surface area (Å²) in [6.07, 6.45) is 0. The molecule has 6 heteroatoms. The lowest BCUT2D eigenvalue weighted by molar-refractivity contribution is -0.118. The first-order valence-electron chi connectivity index (χ1n) is 6.34. The molecule has 0 aromatic carbocycles. The first kappa shape index (κ1) is 13.0. The second-order valence-corrected chi connectivity index (χ2v) is 4.88. The van der Waals surface area contributed by atoms with Gasteiger partial charge >= 0.3 is 0 Å². The summed E-state index contributed by atoms with van der Waals surface area (Å²) < 4.78 is 0. The second kappa shape index (κ2) is 5.49. The lowest BCUT2D eigenvalue weighted by atomic mass is 10.2. The van der Waals surface area contributed by atoms with Crippen LogP contribution in [-0.2, 0) is 4.79 Å². The molecular weight excluding hydrogens is 230 g/mol. The molecule has 1 fully saturated rings. The van der Waals surface area contributed by atoms with Gasteiger partial charge in [-0.3, -0.25) is 14.8 Å². The van der Waals surface area contributed by atoms with Gasteiger partial charge in [-0.2, -0.15) is 5.10 Å². The van der Waals surface area contributed by atoms with E-state index in [1.807, 2.05) is 13.8 Å². The van der Waals surface area contributed by atoms with Crippen LogP contribution in [0.25, 0.3) is 0 Å². The molecule has 6 nitrogen and oxygen atoms in total. The summed E-state index contributed by atoms with van der Waals surface area (Å²) in [5, 5.41) is 13.2. The van der Waals surface area contributed by atoms with Crippen LogP contribution in [0, 0.1) is 13.8 Å². The fourth-order valence-corrected chi connectivity index (χ4v) is 2.22. The van der Waals surface area contributed by atoms with Crippen molar-refractivity contribution in [2.75, 3.05) is 31.5 Å². The number of hydrogen-bond acceptors (Lipinski definition) is 4. The molecule has 1 saturated heterocycles. The highest BCUT2D eigenvalue weighted by Crippen LogP contribution is 2.16. The number of nitrogens with one attached hydrogen (secondary N) is 3. The van der Waals surface area contributed by atoms with E-state index in [4.69, 9.17) is 0 Å². The monoisotopic (exact) mass is 251 g/mol. The van der Waals surface area contributed by atoms with Crippen LogP contribution in [0.3, 0.4) is 0 Å². The van der Waals surface area contributed by atoms with Crippen molar-refractivity contribution in [3.8, 4) is 0 Å². The molecule has 0 spiro atoms. The minimum Gasteiger partial charge on any atom is -0.322 e. The molecule has 0 aliphatic carbocycles. The fourth-order valence-electron chi connectivity index (χ4n) is 2.22. The van der Waals surface area contributed by atoms with Crippen molar-refractivity contribution in [1.82, 2.24) is 20.4 Å². The van der Waals surface area contributed by atoms with E-state index in [9.17, 15) is 4.79 Å². The highest BCUT2D eigenvalue weighted by molar-refractivity contribution is 5.93. The molecule has 1 aromatic heterocycles. The van der Waals surface area contributed by atoms with Crippen molar-refractivity contribution >= 4 is 11.6 Å². The maximum Gasteiger partial charge on any atom is 0.238 e. The van der Waals surface area contributed by atoms with Crippen LogP contribution in [-0.4, -0.2) is 53.2 Å². The molecule has 18 heavy (non-hydrogen) atoms. The molecule has 1 amide bonds. The van der Waals surface area contributed by atoms with Crippen LogP contribution in [0.4, 0.5) is 5.69 Å².